The van der Waals surface area contributed by atoms with Crippen molar-refractivity contribution in [3.8, 4) is 17.0 Å². The summed E-state index contributed by atoms with van der Waals surface area (Å²) in [5, 5.41) is 20.1. The minimum absolute atomic E-state index is 0.232. The normalized spacial score (nSPS) is 19.0. The Kier molecular flexibility index (Phi) is 4.30. The van der Waals surface area contributed by atoms with Gasteiger partial charge in [-0.2, -0.15) is 0 Å². The SMILES string of the molecule is CC=C(C)[C@H]1Oc2[nH]cc(-c3ccccc3)c(=O)c2C1(CO)CO. The average molecular weight is 327 g/mol. The highest BCUT2D eigenvalue weighted by Gasteiger charge is 2.51. The number of hydrogen-bond acceptors (Lipinski definition) is 4. The summed E-state index contributed by atoms with van der Waals surface area (Å²) in [5.74, 6) is 0.314. The van der Waals surface area contributed by atoms with Gasteiger partial charge in [-0.1, -0.05) is 36.4 Å². The Morgan fingerprint density at radius 2 is 1.96 bits per heavy atom. The Balaban J connectivity index is 2.24. The van der Waals surface area contributed by atoms with Gasteiger partial charge in [-0.15, -0.1) is 0 Å². The first-order valence-corrected chi connectivity index (χ1v) is 7.91. The van der Waals surface area contributed by atoms with Gasteiger partial charge in [0.15, 0.2) is 11.3 Å². The van der Waals surface area contributed by atoms with Crippen molar-refractivity contribution in [1.29, 1.82) is 0 Å². The van der Waals surface area contributed by atoms with Gasteiger partial charge >= 0.3 is 0 Å². The van der Waals surface area contributed by atoms with Crippen LogP contribution in [0, 0.1) is 0 Å². The van der Waals surface area contributed by atoms with E-state index in [0.29, 0.717) is 17.0 Å². The second-order valence-electron chi connectivity index (χ2n) is 6.10. The number of H-pyrrole nitrogens is 1. The van der Waals surface area contributed by atoms with Crippen molar-refractivity contribution >= 4 is 0 Å². The van der Waals surface area contributed by atoms with Gasteiger partial charge in [-0.05, 0) is 25.0 Å². The van der Waals surface area contributed by atoms with E-state index in [1.807, 2.05) is 50.3 Å². The molecule has 1 aliphatic rings. The van der Waals surface area contributed by atoms with Gasteiger partial charge in [-0.3, -0.25) is 4.79 Å². The summed E-state index contributed by atoms with van der Waals surface area (Å²) >= 11 is 0. The molecule has 1 atom stereocenters. The fourth-order valence-corrected chi connectivity index (χ4v) is 3.31. The smallest absolute Gasteiger partial charge is 0.199 e. The maximum Gasteiger partial charge on any atom is 0.199 e. The van der Waals surface area contributed by atoms with Gasteiger partial charge in [0, 0.05) is 11.8 Å². The third-order valence-corrected chi connectivity index (χ3v) is 4.80. The van der Waals surface area contributed by atoms with E-state index in [9.17, 15) is 15.0 Å². The van der Waals surface area contributed by atoms with E-state index < -0.39 is 11.5 Å². The summed E-state index contributed by atoms with van der Waals surface area (Å²) in [5.41, 5.74) is 1.03. The van der Waals surface area contributed by atoms with Crippen LogP contribution in [0.2, 0.25) is 0 Å². The zero-order valence-corrected chi connectivity index (χ0v) is 13.7. The van der Waals surface area contributed by atoms with Gasteiger partial charge in [-0.25, -0.2) is 0 Å². The first kappa shape index (κ1) is 16.5. The quantitative estimate of drug-likeness (QED) is 0.750. The molecular formula is C19H21NO4. The molecule has 1 aliphatic heterocycles. The summed E-state index contributed by atoms with van der Waals surface area (Å²) in [6.45, 7) is 2.96. The number of pyridine rings is 1. The van der Waals surface area contributed by atoms with Crippen LogP contribution >= 0.6 is 0 Å². The average Bonchev–Trinajstić information content (AvgIpc) is 2.97. The molecular weight excluding hydrogens is 306 g/mol. The molecule has 0 saturated heterocycles. The van der Waals surface area contributed by atoms with E-state index in [0.717, 1.165) is 11.1 Å². The molecule has 0 radical (unpaired) electrons. The van der Waals surface area contributed by atoms with E-state index in [1.54, 1.807) is 6.20 Å². The molecule has 3 N–H and O–H groups in total. The largest absolute Gasteiger partial charge is 0.470 e. The number of aliphatic hydroxyl groups is 2. The van der Waals surface area contributed by atoms with E-state index >= 15 is 0 Å². The topological polar surface area (TPSA) is 82.6 Å². The number of aromatic nitrogens is 1. The highest BCUT2D eigenvalue weighted by Crippen LogP contribution is 2.43. The number of aromatic amines is 1. The molecule has 0 spiro atoms. The van der Waals surface area contributed by atoms with Gasteiger partial charge in [0.1, 0.15) is 6.10 Å². The molecule has 3 rings (SSSR count). The first-order chi connectivity index (χ1) is 11.6. The Labute approximate surface area is 140 Å². The lowest BCUT2D eigenvalue weighted by molar-refractivity contribution is 0.0586. The van der Waals surface area contributed by atoms with Crippen LogP contribution in [0.4, 0.5) is 0 Å². The standard InChI is InChI=1S/C19H21NO4/c1-3-12(2)17-19(10-21,11-22)15-16(23)14(9-20-18(15)24-17)13-7-5-4-6-8-13/h3-9,17,21-22H,10-11H2,1-2H3,(H,20,23)/t17-/m1/s1. The van der Waals surface area contributed by atoms with E-state index in [2.05, 4.69) is 4.98 Å². The number of benzene rings is 1. The van der Waals surface area contributed by atoms with Crippen LogP contribution in [0.3, 0.4) is 0 Å². The van der Waals surface area contributed by atoms with Crippen LogP contribution in [-0.4, -0.2) is 34.5 Å². The molecule has 2 heterocycles. The summed E-state index contributed by atoms with van der Waals surface area (Å²) < 4.78 is 5.89. The zero-order chi connectivity index (χ0) is 17.3. The van der Waals surface area contributed by atoms with Crippen molar-refractivity contribution in [3.05, 3.63) is 64.0 Å². The number of fused-ring (bicyclic) bond motifs is 1. The molecule has 1 aromatic heterocycles. The fraction of sp³-hybridized carbons (Fsp3) is 0.316. The number of hydrogen-bond donors (Lipinski definition) is 3. The summed E-state index contributed by atoms with van der Waals surface area (Å²) in [6, 6.07) is 9.29. The Morgan fingerprint density at radius 1 is 1.29 bits per heavy atom. The lowest BCUT2D eigenvalue weighted by Crippen LogP contribution is -2.47. The molecule has 0 aliphatic carbocycles. The number of allylic oxidation sites excluding steroid dienone is 1. The highest BCUT2D eigenvalue weighted by molar-refractivity contribution is 5.65. The molecule has 0 amide bonds. The highest BCUT2D eigenvalue weighted by atomic mass is 16.5. The molecule has 0 fully saturated rings. The van der Waals surface area contributed by atoms with Crippen molar-refractivity contribution < 1.29 is 14.9 Å². The number of ether oxygens (including phenoxy) is 1. The van der Waals surface area contributed by atoms with Crippen molar-refractivity contribution in [1.82, 2.24) is 4.98 Å². The van der Waals surface area contributed by atoms with Gasteiger partial charge in [0.25, 0.3) is 0 Å². The molecule has 1 aromatic carbocycles. The molecule has 5 nitrogen and oxygen atoms in total. The maximum absolute atomic E-state index is 13.1. The van der Waals surface area contributed by atoms with Crippen LogP contribution < -0.4 is 10.2 Å². The van der Waals surface area contributed by atoms with E-state index in [-0.39, 0.29) is 18.6 Å². The molecule has 126 valence electrons. The van der Waals surface area contributed by atoms with Crippen LogP contribution in [0.1, 0.15) is 19.4 Å². The third-order valence-electron chi connectivity index (χ3n) is 4.80. The maximum atomic E-state index is 13.1. The van der Waals surface area contributed by atoms with Crippen LogP contribution in [-0.2, 0) is 5.41 Å². The van der Waals surface area contributed by atoms with Crippen molar-refractivity contribution in [2.75, 3.05) is 13.2 Å². The zero-order valence-electron chi connectivity index (χ0n) is 13.7. The molecule has 0 saturated carbocycles. The predicted molar refractivity (Wildman–Crippen MR) is 92.2 cm³/mol. The first-order valence-electron chi connectivity index (χ1n) is 7.91. The molecule has 24 heavy (non-hydrogen) atoms. The van der Waals surface area contributed by atoms with Gasteiger partial charge in [0.2, 0.25) is 0 Å². The van der Waals surface area contributed by atoms with Crippen LogP contribution in [0.25, 0.3) is 11.1 Å². The Morgan fingerprint density at radius 3 is 2.54 bits per heavy atom. The lowest BCUT2D eigenvalue weighted by Gasteiger charge is -2.30. The second-order valence-corrected chi connectivity index (χ2v) is 6.10. The van der Waals surface area contributed by atoms with Crippen LogP contribution in [0.15, 0.2) is 53.0 Å². The molecule has 5 heteroatoms. The third kappa shape index (κ3) is 2.28. The van der Waals surface area contributed by atoms with E-state index in [4.69, 9.17) is 4.74 Å². The van der Waals surface area contributed by atoms with Gasteiger partial charge < -0.3 is 19.9 Å². The minimum Gasteiger partial charge on any atom is -0.470 e. The molecule has 0 unspecified atom stereocenters. The summed E-state index contributed by atoms with van der Waals surface area (Å²) in [6.07, 6.45) is 2.89. The lowest BCUT2D eigenvalue weighted by atomic mass is 9.75. The molecule has 0 bridgehead atoms. The van der Waals surface area contributed by atoms with Gasteiger partial charge in [0.05, 0.1) is 24.2 Å². The van der Waals surface area contributed by atoms with Crippen molar-refractivity contribution in [3.63, 3.8) is 0 Å². The molecule has 2 aromatic rings. The van der Waals surface area contributed by atoms with E-state index in [1.165, 1.54) is 0 Å². The minimum atomic E-state index is -1.16. The predicted octanol–water partition coefficient (Wildman–Crippen LogP) is 1.99. The second kappa shape index (κ2) is 6.26. The van der Waals surface area contributed by atoms with Crippen molar-refractivity contribution in [2.24, 2.45) is 0 Å². The monoisotopic (exact) mass is 327 g/mol. The summed E-state index contributed by atoms with van der Waals surface area (Å²) in [4.78, 5) is 16.1. The summed E-state index contributed by atoms with van der Waals surface area (Å²) in [7, 11) is 0. The number of nitrogens with one attached hydrogen (secondary N) is 1. The Hall–Kier alpha value is -2.37. The fourth-order valence-electron chi connectivity index (χ4n) is 3.31. The number of rotatable bonds is 4. The Bertz CT molecular complexity index is 819. The number of aliphatic hydroxyl groups excluding tert-OH is 2. The van der Waals surface area contributed by atoms with Crippen molar-refractivity contribution in [2.45, 2.75) is 25.4 Å². The van der Waals surface area contributed by atoms with Crippen LogP contribution in [0.5, 0.6) is 5.88 Å².